The van der Waals surface area contributed by atoms with Crippen LogP contribution in [0.5, 0.6) is 0 Å². The van der Waals surface area contributed by atoms with Crippen LogP contribution >= 0.6 is 0 Å². The second-order valence-electron chi connectivity index (χ2n) is 4.95. The van der Waals surface area contributed by atoms with E-state index in [2.05, 4.69) is 9.88 Å². The van der Waals surface area contributed by atoms with Gasteiger partial charge in [0.15, 0.2) is 0 Å². The molecule has 1 aromatic rings. The molecule has 2 aliphatic rings. The molecule has 2 fully saturated rings. The average molecular weight is 249 g/mol. The lowest BCUT2D eigenvalue weighted by atomic mass is 10.1. The number of hydrogen-bond donors (Lipinski definition) is 0. The normalized spacial score (nSPS) is 24.1. The number of nitrogens with zero attached hydrogens (tertiary/aromatic N) is 3. The van der Waals surface area contributed by atoms with Crippen molar-refractivity contribution in [1.29, 1.82) is 0 Å². The van der Waals surface area contributed by atoms with E-state index in [1.54, 1.807) is 6.07 Å². The van der Waals surface area contributed by atoms with E-state index in [0.29, 0.717) is 11.6 Å². The molecule has 18 heavy (non-hydrogen) atoms. The summed E-state index contributed by atoms with van der Waals surface area (Å²) in [6.07, 6.45) is 3.72. The van der Waals surface area contributed by atoms with Crippen molar-refractivity contribution in [3.05, 3.63) is 29.8 Å². The van der Waals surface area contributed by atoms with Crippen LogP contribution in [0.15, 0.2) is 18.3 Å². The van der Waals surface area contributed by atoms with Crippen molar-refractivity contribution in [2.75, 3.05) is 26.2 Å². The number of pyridine rings is 1. The van der Waals surface area contributed by atoms with Crippen molar-refractivity contribution in [2.45, 2.75) is 18.9 Å². The molecule has 0 aliphatic carbocycles. The molecule has 3 heterocycles. The first kappa shape index (κ1) is 11.6. The standard InChI is InChI=1S/C13H16FN3O/c14-12-8-10(3-4-15-12)13(18)17-7-6-16-5-1-2-11(16)9-17/h3-4,8,11H,1-2,5-7,9H2. The molecule has 1 aromatic heterocycles. The lowest BCUT2D eigenvalue weighted by molar-refractivity contribution is 0.0570. The Morgan fingerprint density at radius 3 is 3.11 bits per heavy atom. The van der Waals surface area contributed by atoms with Gasteiger partial charge in [-0.3, -0.25) is 9.69 Å². The Morgan fingerprint density at radius 2 is 2.28 bits per heavy atom. The molecule has 96 valence electrons. The first-order valence-corrected chi connectivity index (χ1v) is 6.39. The van der Waals surface area contributed by atoms with Crippen molar-refractivity contribution in [3.63, 3.8) is 0 Å². The molecule has 5 heteroatoms. The van der Waals surface area contributed by atoms with E-state index in [0.717, 1.165) is 32.6 Å². The third kappa shape index (κ3) is 2.10. The van der Waals surface area contributed by atoms with E-state index in [9.17, 15) is 9.18 Å². The number of piperazine rings is 1. The van der Waals surface area contributed by atoms with Crippen LogP contribution in [0, 0.1) is 5.95 Å². The highest BCUT2D eigenvalue weighted by Gasteiger charge is 2.32. The predicted octanol–water partition coefficient (Wildman–Crippen LogP) is 1.14. The molecule has 2 aliphatic heterocycles. The van der Waals surface area contributed by atoms with Crippen LogP contribution < -0.4 is 0 Å². The highest BCUT2D eigenvalue weighted by molar-refractivity contribution is 5.94. The smallest absolute Gasteiger partial charge is 0.254 e. The summed E-state index contributed by atoms with van der Waals surface area (Å²) in [6.45, 7) is 3.59. The second kappa shape index (κ2) is 4.65. The topological polar surface area (TPSA) is 36.4 Å². The minimum absolute atomic E-state index is 0.0807. The predicted molar refractivity (Wildman–Crippen MR) is 64.7 cm³/mol. The van der Waals surface area contributed by atoms with Crippen LogP contribution in [0.2, 0.25) is 0 Å². The molecule has 0 radical (unpaired) electrons. The Kier molecular flexibility index (Phi) is 2.99. The highest BCUT2D eigenvalue weighted by Crippen LogP contribution is 2.22. The van der Waals surface area contributed by atoms with Crippen LogP contribution in [0.3, 0.4) is 0 Å². The number of hydrogen-bond acceptors (Lipinski definition) is 3. The van der Waals surface area contributed by atoms with E-state index in [1.807, 2.05) is 4.90 Å². The van der Waals surface area contributed by atoms with Crippen LogP contribution in [0.25, 0.3) is 0 Å². The van der Waals surface area contributed by atoms with Crippen molar-refractivity contribution < 1.29 is 9.18 Å². The SMILES string of the molecule is O=C(c1ccnc(F)c1)N1CCN2CCCC2C1. The first-order valence-electron chi connectivity index (χ1n) is 6.39. The number of fused-ring (bicyclic) bond motifs is 1. The van der Waals surface area contributed by atoms with Crippen LogP contribution in [-0.4, -0.2) is 52.9 Å². The fourth-order valence-electron chi connectivity index (χ4n) is 2.89. The molecule has 1 amide bonds. The zero-order chi connectivity index (χ0) is 12.5. The number of carbonyl (C=O) groups excluding carboxylic acids is 1. The Bertz CT molecular complexity index is 465. The van der Waals surface area contributed by atoms with Gasteiger partial charge in [0.25, 0.3) is 5.91 Å². The Balaban J connectivity index is 1.73. The van der Waals surface area contributed by atoms with Gasteiger partial charge in [-0.15, -0.1) is 0 Å². The summed E-state index contributed by atoms with van der Waals surface area (Å²) >= 11 is 0. The van der Waals surface area contributed by atoms with Crippen molar-refractivity contribution in [3.8, 4) is 0 Å². The maximum atomic E-state index is 13.0. The minimum Gasteiger partial charge on any atom is -0.336 e. The van der Waals surface area contributed by atoms with Crippen molar-refractivity contribution >= 4 is 5.91 Å². The molecule has 1 unspecified atom stereocenters. The van der Waals surface area contributed by atoms with Crippen LogP contribution in [0.4, 0.5) is 4.39 Å². The van der Waals surface area contributed by atoms with Crippen LogP contribution in [0.1, 0.15) is 23.2 Å². The summed E-state index contributed by atoms with van der Waals surface area (Å²) in [6, 6.07) is 3.28. The van der Waals surface area contributed by atoms with Gasteiger partial charge in [-0.1, -0.05) is 0 Å². The van der Waals surface area contributed by atoms with E-state index in [1.165, 1.54) is 18.7 Å². The Labute approximate surface area is 105 Å². The monoisotopic (exact) mass is 249 g/mol. The molecular formula is C13H16FN3O. The lowest BCUT2D eigenvalue weighted by Crippen LogP contribution is -2.52. The van der Waals surface area contributed by atoms with Gasteiger partial charge in [0.05, 0.1) is 0 Å². The van der Waals surface area contributed by atoms with E-state index in [4.69, 9.17) is 0 Å². The molecule has 0 N–H and O–H groups in total. The Morgan fingerprint density at radius 1 is 1.39 bits per heavy atom. The molecule has 0 spiro atoms. The summed E-state index contributed by atoms with van der Waals surface area (Å²) in [5.74, 6) is -0.678. The van der Waals surface area contributed by atoms with E-state index >= 15 is 0 Å². The second-order valence-corrected chi connectivity index (χ2v) is 4.95. The maximum absolute atomic E-state index is 13.0. The van der Waals surface area contributed by atoms with Gasteiger partial charge in [0, 0.05) is 43.5 Å². The van der Waals surface area contributed by atoms with Gasteiger partial charge >= 0.3 is 0 Å². The van der Waals surface area contributed by atoms with Gasteiger partial charge in [0.2, 0.25) is 5.95 Å². The van der Waals surface area contributed by atoms with Crippen molar-refractivity contribution in [1.82, 2.24) is 14.8 Å². The van der Waals surface area contributed by atoms with E-state index < -0.39 is 5.95 Å². The summed E-state index contributed by atoms with van der Waals surface area (Å²) in [4.78, 5) is 20.0. The summed E-state index contributed by atoms with van der Waals surface area (Å²) in [5.41, 5.74) is 0.397. The average Bonchev–Trinajstić information content (AvgIpc) is 2.85. The van der Waals surface area contributed by atoms with Gasteiger partial charge in [-0.25, -0.2) is 4.98 Å². The molecule has 4 nitrogen and oxygen atoms in total. The number of carbonyl (C=O) groups is 1. The molecule has 2 saturated heterocycles. The van der Waals surface area contributed by atoms with Gasteiger partial charge in [-0.05, 0) is 25.5 Å². The number of aromatic nitrogens is 1. The quantitative estimate of drug-likeness (QED) is 0.700. The highest BCUT2D eigenvalue weighted by atomic mass is 19.1. The summed E-state index contributed by atoms with van der Waals surface area (Å²) in [5, 5.41) is 0. The van der Waals surface area contributed by atoms with Crippen LogP contribution in [-0.2, 0) is 0 Å². The maximum Gasteiger partial charge on any atom is 0.254 e. The third-order valence-electron chi connectivity index (χ3n) is 3.85. The largest absolute Gasteiger partial charge is 0.336 e. The zero-order valence-corrected chi connectivity index (χ0v) is 10.2. The number of amides is 1. The third-order valence-corrected chi connectivity index (χ3v) is 3.85. The van der Waals surface area contributed by atoms with Gasteiger partial charge in [0.1, 0.15) is 0 Å². The summed E-state index contributed by atoms with van der Waals surface area (Å²) < 4.78 is 13.0. The number of halogens is 1. The molecule has 0 aromatic carbocycles. The van der Waals surface area contributed by atoms with Gasteiger partial charge in [-0.2, -0.15) is 4.39 Å². The molecule has 1 atom stereocenters. The first-order chi connectivity index (χ1) is 8.74. The fraction of sp³-hybridized carbons (Fsp3) is 0.538. The summed E-state index contributed by atoms with van der Waals surface area (Å²) in [7, 11) is 0. The van der Waals surface area contributed by atoms with Crippen molar-refractivity contribution in [2.24, 2.45) is 0 Å². The molecule has 0 saturated carbocycles. The van der Waals surface area contributed by atoms with Gasteiger partial charge < -0.3 is 4.90 Å². The molecular weight excluding hydrogens is 233 g/mol. The zero-order valence-electron chi connectivity index (χ0n) is 10.2. The number of rotatable bonds is 1. The lowest BCUT2D eigenvalue weighted by Gasteiger charge is -2.37. The fourth-order valence-corrected chi connectivity index (χ4v) is 2.89. The molecule has 3 rings (SSSR count). The van der Waals surface area contributed by atoms with E-state index in [-0.39, 0.29) is 5.91 Å². The minimum atomic E-state index is -0.597. The Hall–Kier alpha value is -1.49. The molecule has 0 bridgehead atoms.